The molecule has 1 saturated carbocycles. The molecule has 0 radical (unpaired) electrons. The zero-order valence-corrected chi connectivity index (χ0v) is 15.5. The molecule has 0 bridgehead atoms. The predicted molar refractivity (Wildman–Crippen MR) is 102 cm³/mol. The molecule has 0 saturated heterocycles. The number of aromatic nitrogens is 1. The maximum absolute atomic E-state index is 13.0. The van der Waals surface area contributed by atoms with Crippen LogP contribution in [0.2, 0.25) is 0 Å². The minimum absolute atomic E-state index is 0.0852. The van der Waals surface area contributed by atoms with Crippen molar-refractivity contribution in [1.29, 1.82) is 0 Å². The van der Waals surface area contributed by atoms with Gasteiger partial charge < -0.3 is 9.88 Å². The van der Waals surface area contributed by atoms with Gasteiger partial charge in [-0.3, -0.25) is 9.59 Å². The van der Waals surface area contributed by atoms with Crippen LogP contribution in [0.15, 0.2) is 29.1 Å². The molecule has 1 heterocycles. The van der Waals surface area contributed by atoms with Gasteiger partial charge in [-0.05, 0) is 57.2 Å². The molecule has 0 atom stereocenters. The fourth-order valence-electron chi connectivity index (χ4n) is 3.77. The van der Waals surface area contributed by atoms with Crippen molar-refractivity contribution in [2.45, 2.75) is 65.5 Å². The summed E-state index contributed by atoms with van der Waals surface area (Å²) in [6.45, 7) is 6.48. The molecule has 1 N–H and O–H groups in total. The highest BCUT2D eigenvalue weighted by atomic mass is 16.2. The maximum atomic E-state index is 13.0. The molecule has 0 unspecified atom stereocenters. The van der Waals surface area contributed by atoms with E-state index in [-0.39, 0.29) is 23.4 Å². The summed E-state index contributed by atoms with van der Waals surface area (Å²) in [6.07, 6.45) is 5.47. The summed E-state index contributed by atoms with van der Waals surface area (Å²) in [5.74, 6) is 0.330. The number of carbonyl (C=O) groups excluding carboxylic acids is 1. The Morgan fingerprint density at radius 1 is 1.20 bits per heavy atom. The van der Waals surface area contributed by atoms with Crippen molar-refractivity contribution in [2.75, 3.05) is 0 Å². The zero-order valence-electron chi connectivity index (χ0n) is 15.5. The molecule has 3 rings (SSSR count). The van der Waals surface area contributed by atoms with Crippen LogP contribution in [0.4, 0.5) is 0 Å². The Morgan fingerprint density at radius 3 is 2.60 bits per heavy atom. The van der Waals surface area contributed by atoms with E-state index < -0.39 is 0 Å². The van der Waals surface area contributed by atoms with Gasteiger partial charge in [0.25, 0.3) is 5.56 Å². The van der Waals surface area contributed by atoms with E-state index in [1.54, 1.807) is 0 Å². The molecule has 0 spiro atoms. The van der Waals surface area contributed by atoms with E-state index in [0.717, 1.165) is 42.1 Å². The Labute approximate surface area is 149 Å². The van der Waals surface area contributed by atoms with Crippen LogP contribution in [0, 0.1) is 12.8 Å². The lowest BCUT2D eigenvalue weighted by Gasteiger charge is -2.32. The Bertz CT molecular complexity index is 816. The molecule has 134 valence electrons. The highest BCUT2D eigenvalue weighted by Gasteiger charge is 2.28. The number of nitrogens with one attached hydrogen (secondary N) is 1. The molecule has 4 nitrogen and oxygen atoms in total. The van der Waals surface area contributed by atoms with Crippen molar-refractivity contribution in [2.24, 2.45) is 5.92 Å². The van der Waals surface area contributed by atoms with Crippen LogP contribution < -0.4 is 5.56 Å². The van der Waals surface area contributed by atoms with Gasteiger partial charge in [0.1, 0.15) is 0 Å². The number of aromatic amines is 1. The lowest BCUT2D eigenvalue weighted by Crippen LogP contribution is -2.42. The lowest BCUT2D eigenvalue weighted by molar-refractivity contribution is -0.139. The molecule has 0 aliphatic heterocycles. The van der Waals surface area contributed by atoms with Gasteiger partial charge in [0.2, 0.25) is 5.91 Å². The summed E-state index contributed by atoms with van der Waals surface area (Å²) in [4.78, 5) is 30.3. The number of aryl methyl sites for hydroxylation is 1. The summed E-state index contributed by atoms with van der Waals surface area (Å²) >= 11 is 0. The van der Waals surface area contributed by atoms with E-state index in [9.17, 15) is 9.59 Å². The second-order valence-corrected chi connectivity index (χ2v) is 7.61. The first-order valence-corrected chi connectivity index (χ1v) is 9.39. The Hall–Kier alpha value is -2.10. The summed E-state index contributed by atoms with van der Waals surface area (Å²) in [7, 11) is 0. The van der Waals surface area contributed by atoms with E-state index in [2.05, 4.69) is 11.1 Å². The first-order chi connectivity index (χ1) is 12.0. The number of amides is 1. The second-order valence-electron chi connectivity index (χ2n) is 7.61. The third-order valence-electron chi connectivity index (χ3n) is 5.28. The van der Waals surface area contributed by atoms with Crippen LogP contribution in [0.5, 0.6) is 0 Å². The predicted octanol–water partition coefficient (Wildman–Crippen LogP) is 4.15. The fraction of sp³-hybridized carbons (Fsp3) is 0.524. The van der Waals surface area contributed by atoms with Crippen LogP contribution in [-0.2, 0) is 11.3 Å². The number of H-pyrrole nitrogens is 1. The maximum Gasteiger partial charge on any atom is 0.253 e. The average molecular weight is 340 g/mol. The van der Waals surface area contributed by atoms with Gasteiger partial charge >= 0.3 is 0 Å². The van der Waals surface area contributed by atoms with Crippen LogP contribution in [0.3, 0.4) is 0 Å². The van der Waals surface area contributed by atoms with Gasteiger partial charge in [-0.2, -0.15) is 0 Å². The highest BCUT2D eigenvalue weighted by Crippen LogP contribution is 2.27. The van der Waals surface area contributed by atoms with Crippen molar-refractivity contribution >= 4 is 16.8 Å². The molecule has 1 aromatic carbocycles. The van der Waals surface area contributed by atoms with Crippen LogP contribution in [-0.4, -0.2) is 21.8 Å². The average Bonchev–Trinajstić information content (AvgIpc) is 2.60. The molecular formula is C21H28N2O2. The highest BCUT2D eigenvalue weighted by molar-refractivity contribution is 5.81. The second kappa shape index (κ2) is 7.42. The topological polar surface area (TPSA) is 53.2 Å². The van der Waals surface area contributed by atoms with Gasteiger partial charge in [-0.15, -0.1) is 0 Å². The molecule has 1 aromatic heterocycles. The lowest BCUT2D eigenvalue weighted by atomic mass is 9.88. The Morgan fingerprint density at radius 2 is 1.92 bits per heavy atom. The smallest absolute Gasteiger partial charge is 0.253 e. The zero-order chi connectivity index (χ0) is 18.0. The number of rotatable bonds is 4. The molecule has 1 aliphatic carbocycles. The molecular weight excluding hydrogens is 312 g/mol. The van der Waals surface area contributed by atoms with Crippen molar-refractivity contribution in [1.82, 2.24) is 9.88 Å². The number of hydrogen-bond donors (Lipinski definition) is 1. The van der Waals surface area contributed by atoms with Crippen molar-refractivity contribution in [3.63, 3.8) is 0 Å². The number of hydrogen-bond acceptors (Lipinski definition) is 2. The Balaban J connectivity index is 1.89. The minimum atomic E-state index is -0.0987. The summed E-state index contributed by atoms with van der Waals surface area (Å²) in [5.41, 5.74) is 2.56. The number of pyridine rings is 1. The van der Waals surface area contributed by atoms with E-state index in [0.29, 0.717) is 12.1 Å². The molecule has 1 fully saturated rings. The number of carbonyl (C=O) groups is 1. The number of nitrogens with zero attached hydrogens (tertiary/aromatic N) is 1. The summed E-state index contributed by atoms with van der Waals surface area (Å²) in [5, 5.41) is 1.02. The van der Waals surface area contributed by atoms with E-state index in [1.807, 2.05) is 43.9 Å². The molecule has 1 aliphatic rings. The van der Waals surface area contributed by atoms with Crippen LogP contribution >= 0.6 is 0 Å². The standard InChI is InChI=1S/C21H28N2O2/c1-14(2)23(21(25)16-7-5-4-6-8-16)13-18-12-17-11-15(3)9-10-19(17)22-20(18)24/h9-12,14,16H,4-8,13H2,1-3H3,(H,22,24). The van der Waals surface area contributed by atoms with Crippen LogP contribution in [0.25, 0.3) is 10.9 Å². The molecule has 25 heavy (non-hydrogen) atoms. The summed E-state index contributed by atoms with van der Waals surface area (Å²) < 4.78 is 0. The fourth-order valence-corrected chi connectivity index (χ4v) is 3.77. The van der Waals surface area contributed by atoms with Gasteiger partial charge in [0.15, 0.2) is 0 Å². The van der Waals surface area contributed by atoms with Gasteiger partial charge in [-0.25, -0.2) is 0 Å². The third kappa shape index (κ3) is 3.94. The summed E-state index contributed by atoms with van der Waals surface area (Å²) in [6, 6.07) is 8.01. The molecule has 2 aromatic rings. The number of benzene rings is 1. The van der Waals surface area contributed by atoms with Gasteiger partial charge in [0, 0.05) is 23.0 Å². The SMILES string of the molecule is Cc1ccc2[nH]c(=O)c(CN(C(=O)C3CCCCC3)C(C)C)cc2c1. The largest absolute Gasteiger partial charge is 0.335 e. The van der Waals surface area contributed by atoms with Crippen LogP contribution in [0.1, 0.15) is 57.1 Å². The van der Waals surface area contributed by atoms with Crippen molar-refractivity contribution in [3.05, 3.63) is 45.7 Å². The first kappa shape index (κ1) is 17.7. The van der Waals surface area contributed by atoms with E-state index in [4.69, 9.17) is 0 Å². The first-order valence-electron chi connectivity index (χ1n) is 9.39. The monoisotopic (exact) mass is 340 g/mol. The number of fused-ring (bicyclic) bond motifs is 1. The van der Waals surface area contributed by atoms with Gasteiger partial charge in [0.05, 0.1) is 6.54 Å². The Kier molecular flexibility index (Phi) is 5.26. The molecule has 1 amide bonds. The van der Waals surface area contributed by atoms with Gasteiger partial charge in [-0.1, -0.05) is 30.9 Å². The van der Waals surface area contributed by atoms with E-state index >= 15 is 0 Å². The van der Waals surface area contributed by atoms with Crippen molar-refractivity contribution < 1.29 is 4.79 Å². The quantitative estimate of drug-likeness (QED) is 0.909. The van der Waals surface area contributed by atoms with Crippen molar-refractivity contribution in [3.8, 4) is 0 Å². The van der Waals surface area contributed by atoms with E-state index in [1.165, 1.54) is 6.42 Å². The minimum Gasteiger partial charge on any atom is -0.335 e. The third-order valence-corrected chi connectivity index (χ3v) is 5.28. The molecule has 4 heteroatoms. The normalized spacial score (nSPS) is 15.7.